The maximum absolute atomic E-state index is 12.5. The van der Waals surface area contributed by atoms with Crippen LogP contribution in [0.15, 0.2) is 28.7 Å². The van der Waals surface area contributed by atoms with E-state index in [9.17, 15) is 4.79 Å². The second-order valence-electron chi connectivity index (χ2n) is 7.83. The van der Waals surface area contributed by atoms with Crippen molar-refractivity contribution in [3.8, 4) is 0 Å². The molecule has 0 saturated carbocycles. The molecular weight excluding hydrogens is 368 g/mol. The van der Waals surface area contributed by atoms with Gasteiger partial charge in [-0.15, -0.1) is 0 Å². The number of aliphatic hydroxyl groups is 1. The van der Waals surface area contributed by atoms with Gasteiger partial charge in [-0.1, -0.05) is 29.8 Å². The Morgan fingerprint density at radius 3 is 2.62 bits per heavy atom. The van der Waals surface area contributed by atoms with Gasteiger partial charge in [-0.25, -0.2) is 0 Å². The van der Waals surface area contributed by atoms with E-state index in [1.807, 2.05) is 4.90 Å². The summed E-state index contributed by atoms with van der Waals surface area (Å²) in [7, 11) is 0. The lowest BCUT2D eigenvalue weighted by atomic mass is 9.73. The highest BCUT2D eigenvalue weighted by molar-refractivity contribution is 9.10. The van der Waals surface area contributed by atoms with E-state index in [2.05, 4.69) is 58.9 Å². The first-order valence-corrected chi connectivity index (χ1v) is 9.61. The molecule has 3 aliphatic rings. The molecule has 2 unspecified atom stereocenters. The molecule has 132 valence electrons. The van der Waals surface area contributed by atoms with Crippen LogP contribution in [0.25, 0.3) is 0 Å². The van der Waals surface area contributed by atoms with Crippen molar-refractivity contribution in [3.05, 3.63) is 28.7 Å². The molecule has 3 aliphatic heterocycles. The highest BCUT2D eigenvalue weighted by Crippen LogP contribution is 2.43. The third-order valence-corrected chi connectivity index (χ3v) is 6.01. The zero-order valence-electron chi connectivity index (χ0n) is 14.5. The molecule has 4 nitrogen and oxygen atoms in total. The molecule has 2 bridgehead atoms. The Balaban J connectivity index is 1.84. The molecular formula is C19H27BrN2O2. The lowest BCUT2D eigenvalue weighted by Crippen LogP contribution is -2.54. The predicted octanol–water partition coefficient (Wildman–Crippen LogP) is 3.28. The zero-order valence-corrected chi connectivity index (χ0v) is 16.1. The quantitative estimate of drug-likeness (QED) is 0.851. The molecule has 0 spiro atoms. The number of hydrogen-bond acceptors (Lipinski definition) is 3. The van der Waals surface area contributed by atoms with Crippen molar-refractivity contribution in [2.24, 2.45) is 11.3 Å². The monoisotopic (exact) mass is 394 g/mol. The van der Waals surface area contributed by atoms with Crippen LogP contribution in [0, 0.1) is 11.3 Å². The van der Waals surface area contributed by atoms with Crippen molar-refractivity contribution in [2.45, 2.75) is 39.2 Å². The highest BCUT2D eigenvalue weighted by Gasteiger charge is 2.46. The summed E-state index contributed by atoms with van der Waals surface area (Å²) >= 11 is 3.51. The zero-order chi connectivity index (χ0) is 17.3. The number of nitrogens with zero attached hydrogens (tertiary/aromatic N) is 2. The van der Waals surface area contributed by atoms with Crippen molar-refractivity contribution in [1.29, 1.82) is 0 Å². The summed E-state index contributed by atoms with van der Waals surface area (Å²) in [5.74, 6) is 0.690. The Morgan fingerprint density at radius 2 is 1.96 bits per heavy atom. The summed E-state index contributed by atoms with van der Waals surface area (Å²) in [5, 5.41) is 9.00. The molecule has 1 N–H and O–H groups in total. The number of fused-ring (bicyclic) bond motifs is 4. The van der Waals surface area contributed by atoms with Crippen LogP contribution >= 0.6 is 15.9 Å². The van der Waals surface area contributed by atoms with Crippen molar-refractivity contribution < 1.29 is 9.90 Å². The summed E-state index contributed by atoms with van der Waals surface area (Å²) in [6, 6.07) is 8.84. The molecule has 3 fully saturated rings. The minimum atomic E-state index is 0.0863. The SMILES string of the molecule is CC1(C)CC2CN(C(=O)CCCO)CC1N(c1ccc(Br)cc1)C2. The number of anilines is 1. The standard InChI is InChI=1S/C19H27BrN2O2/c1-19(2)10-14-11-21(18(24)4-3-9-23)13-17(19)22(12-14)16-7-5-15(20)6-8-16/h5-8,14,17,23H,3-4,9-13H2,1-2H3. The molecule has 1 amide bonds. The van der Waals surface area contributed by atoms with E-state index in [-0.39, 0.29) is 17.9 Å². The normalized spacial score (nSPS) is 25.7. The minimum absolute atomic E-state index is 0.0863. The molecule has 5 heteroatoms. The van der Waals surface area contributed by atoms with Crippen LogP contribution < -0.4 is 4.90 Å². The van der Waals surface area contributed by atoms with Gasteiger partial charge in [-0.3, -0.25) is 4.79 Å². The summed E-state index contributed by atoms with van der Waals surface area (Å²) < 4.78 is 1.09. The number of carbonyl (C=O) groups is 1. The molecule has 0 radical (unpaired) electrons. The van der Waals surface area contributed by atoms with E-state index in [1.54, 1.807) is 0 Å². The van der Waals surface area contributed by atoms with Crippen LogP contribution in [0.1, 0.15) is 33.1 Å². The van der Waals surface area contributed by atoms with E-state index in [0.717, 1.165) is 30.5 Å². The first-order valence-electron chi connectivity index (χ1n) is 8.81. The first kappa shape index (κ1) is 17.7. The maximum Gasteiger partial charge on any atom is 0.222 e. The molecule has 1 aromatic rings. The van der Waals surface area contributed by atoms with Crippen LogP contribution in [-0.2, 0) is 4.79 Å². The van der Waals surface area contributed by atoms with Crippen LogP contribution in [-0.4, -0.2) is 48.2 Å². The summed E-state index contributed by atoms with van der Waals surface area (Å²) in [4.78, 5) is 17.1. The van der Waals surface area contributed by atoms with Gasteiger partial charge >= 0.3 is 0 Å². The lowest BCUT2D eigenvalue weighted by Gasteiger charge is -2.48. The first-order chi connectivity index (χ1) is 11.4. The molecule has 3 heterocycles. The summed E-state index contributed by atoms with van der Waals surface area (Å²) in [5.41, 5.74) is 1.42. The average molecular weight is 395 g/mol. The largest absolute Gasteiger partial charge is 0.396 e. The van der Waals surface area contributed by atoms with E-state index in [0.29, 0.717) is 24.8 Å². The van der Waals surface area contributed by atoms with E-state index < -0.39 is 0 Å². The fourth-order valence-electron chi connectivity index (χ4n) is 4.34. The Morgan fingerprint density at radius 1 is 1.25 bits per heavy atom. The second-order valence-corrected chi connectivity index (χ2v) is 8.74. The topological polar surface area (TPSA) is 43.8 Å². The van der Waals surface area contributed by atoms with Gasteiger partial charge in [0.15, 0.2) is 0 Å². The fraction of sp³-hybridized carbons (Fsp3) is 0.632. The smallest absolute Gasteiger partial charge is 0.222 e. The van der Waals surface area contributed by atoms with Crippen LogP contribution in [0.4, 0.5) is 5.69 Å². The number of halogens is 1. The second kappa shape index (κ2) is 7.04. The third kappa shape index (κ3) is 3.62. The van der Waals surface area contributed by atoms with Crippen LogP contribution in [0.2, 0.25) is 0 Å². The van der Waals surface area contributed by atoms with Gasteiger partial charge < -0.3 is 14.9 Å². The molecule has 0 aromatic heterocycles. The van der Waals surface area contributed by atoms with Crippen molar-refractivity contribution in [1.82, 2.24) is 4.90 Å². The molecule has 1 aromatic carbocycles. The minimum Gasteiger partial charge on any atom is -0.396 e. The van der Waals surface area contributed by atoms with Crippen molar-refractivity contribution in [2.75, 3.05) is 31.1 Å². The number of benzene rings is 1. The molecule has 3 saturated heterocycles. The highest BCUT2D eigenvalue weighted by atomic mass is 79.9. The Kier molecular flexibility index (Phi) is 5.21. The maximum atomic E-state index is 12.5. The van der Waals surface area contributed by atoms with Crippen LogP contribution in [0.5, 0.6) is 0 Å². The summed E-state index contributed by atoms with van der Waals surface area (Å²) in [6.45, 7) is 7.39. The third-order valence-electron chi connectivity index (χ3n) is 5.48. The van der Waals surface area contributed by atoms with Gasteiger partial charge in [0.05, 0.1) is 6.04 Å². The number of amides is 1. The van der Waals surface area contributed by atoms with Crippen molar-refractivity contribution in [3.63, 3.8) is 0 Å². The van der Waals surface area contributed by atoms with E-state index in [1.165, 1.54) is 5.69 Å². The lowest BCUT2D eigenvalue weighted by molar-refractivity contribution is -0.131. The Bertz CT molecular complexity index is 588. The Hall–Kier alpha value is -1.07. The van der Waals surface area contributed by atoms with Crippen molar-refractivity contribution >= 4 is 27.5 Å². The van der Waals surface area contributed by atoms with Gasteiger partial charge in [-0.2, -0.15) is 0 Å². The van der Waals surface area contributed by atoms with Crippen LogP contribution in [0.3, 0.4) is 0 Å². The Labute approximate surface area is 153 Å². The number of rotatable bonds is 4. The number of aliphatic hydroxyl groups excluding tert-OH is 1. The molecule has 4 rings (SSSR count). The average Bonchev–Trinajstić information content (AvgIpc) is 2.80. The molecule has 24 heavy (non-hydrogen) atoms. The number of piperidine rings is 1. The number of carbonyl (C=O) groups excluding carboxylic acids is 1. The van der Waals surface area contributed by atoms with Gasteiger partial charge in [-0.05, 0) is 48.4 Å². The van der Waals surface area contributed by atoms with Gasteiger partial charge in [0.25, 0.3) is 0 Å². The fourth-order valence-corrected chi connectivity index (χ4v) is 4.61. The van der Waals surface area contributed by atoms with Gasteiger partial charge in [0.2, 0.25) is 5.91 Å². The van der Waals surface area contributed by atoms with Gasteiger partial charge in [0.1, 0.15) is 0 Å². The van der Waals surface area contributed by atoms with Gasteiger partial charge in [0, 0.05) is 42.8 Å². The predicted molar refractivity (Wildman–Crippen MR) is 100 cm³/mol. The van der Waals surface area contributed by atoms with E-state index in [4.69, 9.17) is 5.11 Å². The number of hydrogen-bond donors (Lipinski definition) is 1. The van der Waals surface area contributed by atoms with E-state index >= 15 is 0 Å². The summed E-state index contributed by atoms with van der Waals surface area (Å²) in [6.07, 6.45) is 2.17. The molecule has 0 aliphatic carbocycles. The molecule has 2 atom stereocenters.